The molecule has 0 radical (unpaired) electrons. The normalized spacial score (nSPS) is 19.9. The third-order valence-electron chi connectivity index (χ3n) is 2.73. The lowest BCUT2D eigenvalue weighted by Crippen LogP contribution is -2.39. The van der Waals surface area contributed by atoms with Gasteiger partial charge in [-0.15, -0.1) is 0 Å². The van der Waals surface area contributed by atoms with Crippen molar-refractivity contribution in [2.45, 2.75) is 18.3 Å². The molecule has 1 fully saturated rings. The zero-order valence-electron chi connectivity index (χ0n) is 7.90. The third-order valence-corrected chi connectivity index (χ3v) is 2.73. The quantitative estimate of drug-likeness (QED) is 0.701. The van der Waals surface area contributed by atoms with E-state index in [1.54, 1.807) is 6.20 Å². The summed E-state index contributed by atoms with van der Waals surface area (Å²) < 4.78 is 0. The minimum atomic E-state index is -0.417. The Hall–Kier alpha value is -1.47. The van der Waals surface area contributed by atoms with E-state index in [2.05, 4.69) is 21.6 Å². The van der Waals surface area contributed by atoms with Gasteiger partial charge in [0.15, 0.2) is 0 Å². The Balaban J connectivity index is 2.33. The van der Waals surface area contributed by atoms with Crippen LogP contribution in [0.3, 0.4) is 0 Å². The van der Waals surface area contributed by atoms with Crippen molar-refractivity contribution in [2.24, 2.45) is 0 Å². The molecule has 0 saturated carbocycles. The van der Waals surface area contributed by atoms with Gasteiger partial charge < -0.3 is 5.32 Å². The highest BCUT2D eigenvalue weighted by Crippen LogP contribution is 2.30. The molecule has 2 heterocycles. The van der Waals surface area contributed by atoms with E-state index in [0.717, 1.165) is 31.6 Å². The summed E-state index contributed by atoms with van der Waals surface area (Å²) >= 11 is 0. The van der Waals surface area contributed by atoms with Gasteiger partial charge in [-0.25, -0.2) is 0 Å². The predicted molar refractivity (Wildman–Crippen MR) is 51.4 cm³/mol. The van der Waals surface area contributed by atoms with E-state index in [4.69, 9.17) is 0 Å². The molecular weight excluding hydrogens is 176 g/mol. The number of hydrogen-bond donors (Lipinski definition) is 1. The second-order valence-corrected chi connectivity index (χ2v) is 3.55. The summed E-state index contributed by atoms with van der Waals surface area (Å²) in [5, 5.41) is 20.4. The average Bonchev–Trinajstić information content (AvgIpc) is 2.31. The van der Waals surface area contributed by atoms with E-state index in [-0.39, 0.29) is 0 Å². The van der Waals surface area contributed by atoms with Crippen molar-refractivity contribution in [3.63, 3.8) is 0 Å². The summed E-state index contributed by atoms with van der Waals surface area (Å²) in [6, 6.07) is 6.12. The van der Waals surface area contributed by atoms with Crippen LogP contribution in [-0.4, -0.2) is 23.3 Å². The monoisotopic (exact) mass is 188 g/mol. The van der Waals surface area contributed by atoms with Crippen LogP contribution in [0.2, 0.25) is 0 Å². The average molecular weight is 188 g/mol. The third kappa shape index (κ3) is 1.47. The molecule has 1 N–H and O–H groups in total. The highest BCUT2D eigenvalue weighted by molar-refractivity contribution is 5.26. The highest BCUT2D eigenvalue weighted by Gasteiger charge is 2.35. The van der Waals surface area contributed by atoms with Crippen LogP contribution in [-0.2, 0) is 5.41 Å². The molecule has 1 saturated heterocycles. The Labute approximate surface area is 83.0 Å². The molecule has 4 heteroatoms. The molecule has 0 amide bonds. The molecule has 1 aliphatic rings. The summed E-state index contributed by atoms with van der Waals surface area (Å²) in [5.41, 5.74) is 0.392. The van der Waals surface area contributed by atoms with Crippen molar-refractivity contribution in [1.82, 2.24) is 15.5 Å². The zero-order chi connectivity index (χ0) is 9.86. The van der Waals surface area contributed by atoms with Crippen LogP contribution in [0, 0.1) is 11.3 Å². The van der Waals surface area contributed by atoms with Crippen molar-refractivity contribution < 1.29 is 0 Å². The number of nitrogens with one attached hydrogen (secondary N) is 1. The van der Waals surface area contributed by atoms with E-state index >= 15 is 0 Å². The maximum absolute atomic E-state index is 9.25. The molecule has 0 aromatic carbocycles. The lowest BCUT2D eigenvalue weighted by molar-refractivity contribution is 0.372. The van der Waals surface area contributed by atoms with Gasteiger partial charge in [-0.1, -0.05) is 0 Å². The van der Waals surface area contributed by atoms with Crippen molar-refractivity contribution >= 4 is 0 Å². The predicted octanol–water partition coefficient (Wildman–Crippen LogP) is 0.621. The zero-order valence-corrected chi connectivity index (χ0v) is 7.90. The minimum Gasteiger partial charge on any atom is -0.317 e. The molecule has 0 aliphatic carbocycles. The van der Waals surface area contributed by atoms with E-state index in [1.807, 2.05) is 12.1 Å². The van der Waals surface area contributed by atoms with E-state index < -0.39 is 5.41 Å². The summed E-state index contributed by atoms with van der Waals surface area (Å²) in [4.78, 5) is 0. The molecule has 72 valence electrons. The molecule has 0 atom stereocenters. The highest BCUT2D eigenvalue weighted by atomic mass is 15.1. The molecule has 0 spiro atoms. The number of rotatable bonds is 1. The van der Waals surface area contributed by atoms with Crippen LogP contribution < -0.4 is 5.32 Å². The summed E-state index contributed by atoms with van der Waals surface area (Å²) in [7, 11) is 0. The second-order valence-electron chi connectivity index (χ2n) is 3.55. The fraction of sp³-hybridized carbons (Fsp3) is 0.500. The van der Waals surface area contributed by atoms with Crippen LogP contribution in [0.1, 0.15) is 18.5 Å². The second kappa shape index (κ2) is 3.72. The molecule has 1 aromatic rings. The van der Waals surface area contributed by atoms with E-state index in [9.17, 15) is 5.26 Å². The fourth-order valence-electron chi connectivity index (χ4n) is 1.84. The lowest BCUT2D eigenvalue weighted by Gasteiger charge is -2.29. The number of aromatic nitrogens is 2. The van der Waals surface area contributed by atoms with Gasteiger partial charge in [0, 0.05) is 6.20 Å². The molecule has 0 unspecified atom stereocenters. The Bertz CT molecular complexity index is 335. The van der Waals surface area contributed by atoms with Crippen LogP contribution >= 0.6 is 0 Å². The number of hydrogen-bond acceptors (Lipinski definition) is 4. The van der Waals surface area contributed by atoms with Crippen LogP contribution in [0.25, 0.3) is 0 Å². The lowest BCUT2D eigenvalue weighted by atomic mass is 9.77. The summed E-state index contributed by atoms with van der Waals surface area (Å²) in [6.45, 7) is 1.76. The first-order valence-corrected chi connectivity index (χ1v) is 4.77. The molecular formula is C10H12N4. The van der Waals surface area contributed by atoms with Crippen LogP contribution in [0.4, 0.5) is 0 Å². The standard InChI is InChI=1S/C10H12N4/c11-8-10(3-6-12-7-4-10)9-2-1-5-13-14-9/h1-2,5,12H,3-4,6-7H2. The molecule has 1 aliphatic heterocycles. The van der Waals surface area contributed by atoms with Crippen molar-refractivity contribution in [1.29, 1.82) is 5.26 Å². The van der Waals surface area contributed by atoms with Crippen molar-refractivity contribution in [3.8, 4) is 6.07 Å². The molecule has 0 bridgehead atoms. The minimum absolute atomic E-state index is 0.417. The number of nitrogens with zero attached hydrogens (tertiary/aromatic N) is 3. The van der Waals surface area contributed by atoms with Gasteiger partial charge in [0.05, 0.1) is 11.8 Å². The van der Waals surface area contributed by atoms with E-state index in [0.29, 0.717) is 0 Å². The Morgan fingerprint density at radius 2 is 2.21 bits per heavy atom. The largest absolute Gasteiger partial charge is 0.317 e. The van der Waals surface area contributed by atoms with Crippen LogP contribution in [0.15, 0.2) is 18.3 Å². The van der Waals surface area contributed by atoms with E-state index in [1.165, 1.54) is 0 Å². The maximum Gasteiger partial charge on any atom is 0.104 e. The van der Waals surface area contributed by atoms with Crippen LogP contribution in [0.5, 0.6) is 0 Å². The van der Waals surface area contributed by atoms with Gasteiger partial charge in [-0.05, 0) is 38.1 Å². The van der Waals surface area contributed by atoms with Gasteiger partial charge in [-0.3, -0.25) is 0 Å². The first kappa shape index (κ1) is 9.10. The maximum atomic E-state index is 9.25. The van der Waals surface area contributed by atoms with Gasteiger partial charge in [-0.2, -0.15) is 15.5 Å². The number of piperidine rings is 1. The van der Waals surface area contributed by atoms with Crippen molar-refractivity contribution in [3.05, 3.63) is 24.0 Å². The molecule has 2 rings (SSSR count). The number of nitriles is 1. The topological polar surface area (TPSA) is 61.6 Å². The molecule has 4 nitrogen and oxygen atoms in total. The van der Waals surface area contributed by atoms with Crippen molar-refractivity contribution in [2.75, 3.05) is 13.1 Å². The Morgan fingerprint density at radius 1 is 1.43 bits per heavy atom. The SMILES string of the molecule is N#CC1(c2cccnn2)CCNCC1. The summed E-state index contributed by atoms with van der Waals surface area (Å²) in [5.74, 6) is 0. The van der Waals surface area contributed by atoms with Gasteiger partial charge in [0.2, 0.25) is 0 Å². The first-order chi connectivity index (χ1) is 6.87. The smallest absolute Gasteiger partial charge is 0.104 e. The molecule has 1 aromatic heterocycles. The first-order valence-electron chi connectivity index (χ1n) is 4.77. The Morgan fingerprint density at radius 3 is 2.79 bits per heavy atom. The fourth-order valence-corrected chi connectivity index (χ4v) is 1.84. The molecule has 14 heavy (non-hydrogen) atoms. The van der Waals surface area contributed by atoms with Gasteiger partial charge in [0.1, 0.15) is 5.41 Å². The van der Waals surface area contributed by atoms with Gasteiger partial charge >= 0.3 is 0 Å². The Kier molecular flexibility index (Phi) is 2.42. The van der Waals surface area contributed by atoms with Gasteiger partial charge in [0.25, 0.3) is 0 Å². The summed E-state index contributed by atoms with van der Waals surface area (Å²) in [6.07, 6.45) is 3.28.